The molecule has 0 saturated heterocycles. The Bertz CT molecular complexity index is 1010. The minimum Gasteiger partial charge on any atom is -0.361 e. The Balaban J connectivity index is 2.40. The third kappa shape index (κ3) is 4.83. The molecule has 0 spiro atoms. The summed E-state index contributed by atoms with van der Waals surface area (Å²) >= 11 is 6.00. The van der Waals surface area contributed by atoms with E-state index in [1.807, 2.05) is 0 Å². The summed E-state index contributed by atoms with van der Waals surface area (Å²) in [4.78, 5) is 30.0. The molecular formula is C19H20ClFN4O2. The fourth-order valence-electron chi connectivity index (χ4n) is 2.55. The van der Waals surface area contributed by atoms with E-state index in [0.717, 1.165) is 5.39 Å². The van der Waals surface area contributed by atoms with E-state index in [9.17, 15) is 14.0 Å². The molecule has 0 aliphatic heterocycles. The van der Waals surface area contributed by atoms with Crippen LogP contribution in [0.1, 0.15) is 32.4 Å². The standard InChI is InChI=1S/C19H20ClFN4O2/c1-5-15(24-11(3)26)17(21)18(22-4)23-10(2)14-9-12-8-13(20)6-7-16(12)25-19(14)27/h5-10,23H,4H2,1-3H3,(H,24,26)(H,25,27)/b15-5+,18-17-/t10-/m0/s1. The van der Waals surface area contributed by atoms with Gasteiger partial charge in [-0.2, -0.15) is 0 Å². The Hall–Kier alpha value is -2.93. The van der Waals surface area contributed by atoms with Crippen LogP contribution in [0, 0.1) is 0 Å². The summed E-state index contributed by atoms with van der Waals surface area (Å²) in [5.74, 6) is -1.39. The Morgan fingerprint density at radius 3 is 2.70 bits per heavy atom. The van der Waals surface area contributed by atoms with E-state index in [-0.39, 0.29) is 17.1 Å². The number of allylic oxidation sites excluding steroid dienone is 2. The topological polar surface area (TPSA) is 86.3 Å². The van der Waals surface area contributed by atoms with Crippen LogP contribution in [0.5, 0.6) is 0 Å². The van der Waals surface area contributed by atoms with E-state index in [1.54, 1.807) is 38.1 Å². The van der Waals surface area contributed by atoms with Crippen LogP contribution in [0.25, 0.3) is 10.9 Å². The molecule has 0 bridgehead atoms. The monoisotopic (exact) mass is 390 g/mol. The van der Waals surface area contributed by atoms with Crippen LogP contribution in [0.15, 0.2) is 57.5 Å². The number of aliphatic imine (C=N–C) groups is 1. The third-order valence-corrected chi connectivity index (χ3v) is 4.09. The zero-order valence-corrected chi connectivity index (χ0v) is 15.9. The first-order chi connectivity index (χ1) is 12.8. The number of fused-ring (bicyclic) bond motifs is 1. The van der Waals surface area contributed by atoms with Crippen molar-refractivity contribution in [1.82, 2.24) is 15.6 Å². The van der Waals surface area contributed by atoms with Gasteiger partial charge in [0.1, 0.15) is 0 Å². The van der Waals surface area contributed by atoms with E-state index in [0.29, 0.717) is 16.1 Å². The summed E-state index contributed by atoms with van der Waals surface area (Å²) < 4.78 is 14.7. The van der Waals surface area contributed by atoms with Gasteiger partial charge in [-0.3, -0.25) is 9.59 Å². The van der Waals surface area contributed by atoms with Gasteiger partial charge in [-0.05, 0) is 44.8 Å². The van der Waals surface area contributed by atoms with Crippen molar-refractivity contribution in [3.8, 4) is 0 Å². The van der Waals surface area contributed by atoms with Gasteiger partial charge in [0.05, 0.1) is 11.7 Å². The van der Waals surface area contributed by atoms with Crippen LogP contribution >= 0.6 is 11.6 Å². The summed E-state index contributed by atoms with van der Waals surface area (Å²) in [6, 6.07) is 6.21. The summed E-state index contributed by atoms with van der Waals surface area (Å²) in [6.45, 7) is 7.89. The SMILES string of the molecule is C=N/C(N[C@@H](C)c1cc2cc(Cl)ccc2[nH]c1=O)=C(F)\C(=C/C)NC(C)=O. The molecule has 1 aromatic heterocycles. The number of nitrogens with one attached hydrogen (secondary N) is 3. The molecule has 1 atom stereocenters. The number of benzene rings is 1. The molecule has 2 aromatic rings. The van der Waals surface area contributed by atoms with Gasteiger partial charge in [0.2, 0.25) is 5.91 Å². The minimum absolute atomic E-state index is 0.0381. The fraction of sp³-hybridized carbons (Fsp3) is 0.211. The van der Waals surface area contributed by atoms with Gasteiger partial charge in [0, 0.05) is 28.4 Å². The van der Waals surface area contributed by atoms with Crippen LogP contribution in [-0.4, -0.2) is 17.6 Å². The van der Waals surface area contributed by atoms with Gasteiger partial charge in [0.15, 0.2) is 11.6 Å². The Kier molecular flexibility index (Phi) is 6.52. The van der Waals surface area contributed by atoms with Gasteiger partial charge in [0.25, 0.3) is 5.56 Å². The van der Waals surface area contributed by atoms with E-state index < -0.39 is 17.8 Å². The highest BCUT2D eigenvalue weighted by Gasteiger charge is 2.17. The molecule has 0 saturated carbocycles. The van der Waals surface area contributed by atoms with Gasteiger partial charge in [-0.1, -0.05) is 17.7 Å². The smallest absolute Gasteiger partial charge is 0.253 e. The second kappa shape index (κ2) is 8.64. The average Bonchev–Trinajstić information content (AvgIpc) is 2.62. The molecule has 0 aliphatic rings. The van der Waals surface area contributed by atoms with Gasteiger partial charge >= 0.3 is 0 Å². The number of aromatic amines is 1. The van der Waals surface area contributed by atoms with Crippen molar-refractivity contribution >= 4 is 35.1 Å². The Labute approximate surface area is 160 Å². The first-order valence-electron chi connectivity index (χ1n) is 8.16. The Morgan fingerprint density at radius 2 is 2.11 bits per heavy atom. The number of aromatic nitrogens is 1. The van der Waals surface area contributed by atoms with Crippen LogP contribution < -0.4 is 16.2 Å². The van der Waals surface area contributed by atoms with Crippen molar-refractivity contribution in [2.45, 2.75) is 26.8 Å². The second-order valence-corrected chi connectivity index (χ2v) is 6.29. The molecule has 2 rings (SSSR count). The van der Waals surface area contributed by atoms with Crippen molar-refractivity contribution in [3.63, 3.8) is 0 Å². The van der Waals surface area contributed by atoms with Crippen LogP contribution in [-0.2, 0) is 4.79 Å². The molecule has 0 fully saturated rings. The van der Waals surface area contributed by atoms with Crippen molar-refractivity contribution in [2.24, 2.45) is 4.99 Å². The average molecular weight is 391 g/mol. The molecule has 0 unspecified atom stereocenters. The maximum absolute atomic E-state index is 14.7. The lowest BCUT2D eigenvalue weighted by molar-refractivity contribution is -0.118. The second-order valence-electron chi connectivity index (χ2n) is 5.86. The number of hydrogen-bond acceptors (Lipinski definition) is 4. The number of rotatable bonds is 6. The molecule has 1 amide bonds. The largest absolute Gasteiger partial charge is 0.361 e. The minimum atomic E-state index is -0.783. The molecule has 27 heavy (non-hydrogen) atoms. The molecule has 3 N–H and O–H groups in total. The lowest BCUT2D eigenvalue weighted by Crippen LogP contribution is -2.26. The molecule has 1 heterocycles. The molecule has 6 nitrogen and oxygen atoms in total. The third-order valence-electron chi connectivity index (χ3n) is 3.86. The highest BCUT2D eigenvalue weighted by atomic mass is 35.5. The lowest BCUT2D eigenvalue weighted by Gasteiger charge is -2.17. The zero-order chi connectivity index (χ0) is 20.1. The lowest BCUT2D eigenvalue weighted by atomic mass is 10.1. The molecule has 1 aromatic carbocycles. The predicted octanol–water partition coefficient (Wildman–Crippen LogP) is 3.71. The predicted molar refractivity (Wildman–Crippen MR) is 106 cm³/mol. The van der Waals surface area contributed by atoms with E-state index in [2.05, 4.69) is 27.3 Å². The summed E-state index contributed by atoms with van der Waals surface area (Å²) in [5.41, 5.74) is 0.664. The first kappa shape index (κ1) is 20.4. The molecule has 142 valence electrons. The maximum Gasteiger partial charge on any atom is 0.253 e. The van der Waals surface area contributed by atoms with Crippen molar-refractivity contribution in [1.29, 1.82) is 0 Å². The molecular weight excluding hydrogens is 371 g/mol. The number of amides is 1. The van der Waals surface area contributed by atoms with Crippen molar-refractivity contribution in [3.05, 3.63) is 68.6 Å². The summed E-state index contributed by atoms with van der Waals surface area (Å²) in [5, 5.41) is 6.48. The van der Waals surface area contributed by atoms with Gasteiger partial charge in [-0.15, -0.1) is 0 Å². The van der Waals surface area contributed by atoms with E-state index in [4.69, 9.17) is 11.6 Å². The summed E-state index contributed by atoms with van der Waals surface area (Å²) in [6.07, 6.45) is 1.40. The van der Waals surface area contributed by atoms with E-state index >= 15 is 0 Å². The number of H-pyrrole nitrogens is 1. The number of nitrogens with zero attached hydrogens (tertiary/aromatic N) is 1. The van der Waals surface area contributed by atoms with Crippen molar-refractivity contribution < 1.29 is 9.18 Å². The van der Waals surface area contributed by atoms with Gasteiger partial charge < -0.3 is 15.6 Å². The van der Waals surface area contributed by atoms with E-state index in [1.165, 1.54) is 13.0 Å². The first-order valence-corrected chi connectivity index (χ1v) is 8.54. The summed E-state index contributed by atoms with van der Waals surface area (Å²) in [7, 11) is 0. The van der Waals surface area contributed by atoms with Crippen LogP contribution in [0.4, 0.5) is 4.39 Å². The highest BCUT2D eigenvalue weighted by Crippen LogP contribution is 2.21. The van der Waals surface area contributed by atoms with Gasteiger partial charge in [-0.25, -0.2) is 9.38 Å². The molecule has 0 aliphatic carbocycles. The molecule has 8 heteroatoms. The number of halogens is 2. The normalized spacial score (nSPS) is 13.7. The fourth-order valence-corrected chi connectivity index (χ4v) is 2.73. The number of pyridine rings is 1. The number of carbonyl (C=O) groups excluding carboxylic acids is 1. The van der Waals surface area contributed by atoms with Crippen LogP contribution in [0.3, 0.4) is 0 Å². The number of carbonyl (C=O) groups is 1. The Morgan fingerprint density at radius 1 is 1.41 bits per heavy atom. The quantitative estimate of drug-likeness (QED) is 0.519. The highest BCUT2D eigenvalue weighted by molar-refractivity contribution is 6.31. The number of hydrogen-bond donors (Lipinski definition) is 3. The van der Waals surface area contributed by atoms with Crippen molar-refractivity contribution in [2.75, 3.05) is 0 Å². The van der Waals surface area contributed by atoms with Crippen LogP contribution in [0.2, 0.25) is 5.02 Å². The maximum atomic E-state index is 14.7. The molecule has 0 radical (unpaired) electrons. The zero-order valence-electron chi connectivity index (χ0n) is 15.2.